The maximum atomic E-state index is 12.0. The predicted molar refractivity (Wildman–Crippen MR) is 133 cm³/mol. The van der Waals surface area contributed by atoms with Crippen molar-refractivity contribution in [1.82, 2.24) is 14.8 Å². The Kier molecular flexibility index (Phi) is 8.73. The maximum absolute atomic E-state index is 12.0. The number of nitrogens with zero attached hydrogens (tertiary/aromatic N) is 3. The first-order valence-electron chi connectivity index (χ1n) is 11.6. The Morgan fingerprint density at radius 2 is 1.85 bits per heavy atom. The molecule has 1 aromatic heterocycles. The highest BCUT2D eigenvalue weighted by molar-refractivity contribution is 5.96. The quantitative estimate of drug-likeness (QED) is 0.344. The van der Waals surface area contributed by atoms with E-state index in [9.17, 15) is 9.90 Å². The fourth-order valence-corrected chi connectivity index (χ4v) is 3.88. The van der Waals surface area contributed by atoms with E-state index in [-0.39, 0.29) is 5.56 Å². The SMILES string of the molecule is CCC=Cc1nc(C(CCCC)(OC)OC)nn1Cc1ccc(-c2ccccc2)c(C(=O)O)c1. The van der Waals surface area contributed by atoms with Crippen LogP contribution in [0.3, 0.4) is 0 Å². The number of ether oxygens (including phenoxy) is 2. The molecule has 180 valence electrons. The number of carboxylic acids is 1. The molecule has 1 heterocycles. The Labute approximate surface area is 201 Å². The summed E-state index contributed by atoms with van der Waals surface area (Å²) in [6.07, 6.45) is 7.31. The summed E-state index contributed by atoms with van der Waals surface area (Å²) < 4.78 is 13.3. The molecule has 34 heavy (non-hydrogen) atoms. The van der Waals surface area contributed by atoms with E-state index in [1.807, 2.05) is 54.6 Å². The van der Waals surface area contributed by atoms with E-state index in [1.165, 1.54) is 0 Å². The van der Waals surface area contributed by atoms with Gasteiger partial charge in [0.05, 0.1) is 12.1 Å². The molecule has 3 rings (SSSR count). The van der Waals surface area contributed by atoms with Crippen molar-refractivity contribution < 1.29 is 19.4 Å². The Morgan fingerprint density at radius 1 is 1.12 bits per heavy atom. The Hall–Kier alpha value is -3.29. The average molecular weight is 464 g/mol. The first kappa shape index (κ1) is 25.3. The number of rotatable bonds is 12. The van der Waals surface area contributed by atoms with Crippen LogP contribution in [0.4, 0.5) is 0 Å². The minimum absolute atomic E-state index is 0.251. The summed E-state index contributed by atoms with van der Waals surface area (Å²) in [5, 5.41) is 14.6. The average Bonchev–Trinajstić information content (AvgIpc) is 3.27. The Bertz CT molecular complexity index is 1120. The fourth-order valence-electron chi connectivity index (χ4n) is 3.88. The number of aromatic carboxylic acids is 1. The molecule has 0 aliphatic carbocycles. The van der Waals surface area contributed by atoms with Crippen molar-refractivity contribution in [2.24, 2.45) is 0 Å². The summed E-state index contributed by atoms with van der Waals surface area (Å²) in [7, 11) is 3.20. The van der Waals surface area contributed by atoms with Gasteiger partial charge in [0.25, 0.3) is 0 Å². The first-order valence-corrected chi connectivity index (χ1v) is 11.6. The van der Waals surface area contributed by atoms with Crippen molar-refractivity contribution >= 4 is 12.0 Å². The second-order valence-electron chi connectivity index (χ2n) is 8.08. The fraction of sp³-hybridized carbons (Fsp3) is 0.370. The number of methoxy groups -OCH3 is 2. The summed E-state index contributed by atoms with van der Waals surface area (Å²) in [5.74, 6) is -0.875. The number of hydrogen-bond donors (Lipinski definition) is 1. The zero-order chi connectivity index (χ0) is 24.6. The van der Waals surface area contributed by atoms with Crippen molar-refractivity contribution in [2.45, 2.75) is 51.9 Å². The van der Waals surface area contributed by atoms with Crippen LogP contribution in [0.15, 0.2) is 54.6 Å². The van der Waals surface area contributed by atoms with E-state index < -0.39 is 11.8 Å². The van der Waals surface area contributed by atoms with Crippen molar-refractivity contribution in [1.29, 1.82) is 0 Å². The van der Waals surface area contributed by atoms with Gasteiger partial charge in [-0.3, -0.25) is 0 Å². The summed E-state index contributed by atoms with van der Waals surface area (Å²) >= 11 is 0. The second kappa shape index (κ2) is 11.7. The lowest BCUT2D eigenvalue weighted by atomic mass is 9.97. The van der Waals surface area contributed by atoms with Crippen LogP contribution in [0.2, 0.25) is 0 Å². The van der Waals surface area contributed by atoms with Gasteiger partial charge in [-0.2, -0.15) is 0 Å². The van der Waals surface area contributed by atoms with Gasteiger partial charge in [-0.25, -0.2) is 14.5 Å². The van der Waals surface area contributed by atoms with Crippen molar-refractivity contribution in [3.05, 3.63) is 77.4 Å². The third-order valence-corrected chi connectivity index (χ3v) is 5.79. The molecule has 7 heteroatoms. The van der Waals surface area contributed by atoms with Crippen LogP contribution in [0.25, 0.3) is 17.2 Å². The van der Waals surface area contributed by atoms with Gasteiger partial charge in [0.15, 0.2) is 5.82 Å². The molecule has 7 nitrogen and oxygen atoms in total. The van der Waals surface area contributed by atoms with Gasteiger partial charge in [0, 0.05) is 20.6 Å². The molecule has 0 bridgehead atoms. The number of carbonyl (C=O) groups is 1. The van der Waals surface area contributed by atoms with Crippen LogP contribution in [-0.4, -0.2) is 40.1 Å². The van der Waals surface area contributed by atoms with E-state index in [2.05, 4.69) is 13.8 Å². The molecular weight excluding hydrogens is 430 g/mol. The minimum atomic E-state index is -1.03. The van der Waals surface area contributed by atoms with Crippen LogP contribution >= 0.6 is 0 Å². The summed E-state index contributed by atoms with van der Waals surface area (Å²) in [5.41, 5.74) is 2.61. The summed E-state index contributed by atoms with van der Waals surface area (Å²) in [6, 6.07) is 15.0. The van der Waals surface area contributed by atoms with Crippen LogP contribution in [0.5, 0.6) is 0 Å². The molecule has 0 atom stereocenters. The molecule has 0 spiro atoms. The van der Waals surface area contributed by atoms with E-state index in [0.717, 1.165) is 30.4 Å². The van der Waals surface area contributed by atoms with E-state index in [4.69, 9.17) is 19.6 Å². The van der Waals surface area contributed by atoms with Gasteiger partial charge in [0.2, 0.25) is 11.6 Å². The second-order valence-corrected chi connectivity index (χ2v) is 8.08. The van der Waals surface area contributed by atoms with Crippen molar-refractivity contribution in [3.8, 4) is 11.1 Å². The first-order chi connectivity index (χ1) is 16.5. The lowest BCUT2D eigenvalue weighted by Crippen LogP contribution is -2.32. The smallest absolute Gasteiger partial charge is 0.336 e. The Balaban J connectivity index is 2.02. The number of benzene rings is 2. The molecule has 3 aromatic rings. The number of carboxylic acid groups (broad SMARTS) is 1. The highest BCUT2D eigenvalue weighted by Gasteiger charge is 2.36. The predicted octanol–water partition coefficient (Wildman–Crippen LogP) is 5.75. The van der Waals surface area contributed by atoms with Crippen molar-refractivity contribution in [2.75, 3.05) is 14.2 Å². The van der Waals surface area contributed by atoms with Gasteiger partial charge < -0.3 is 14.6 Å². The van der Waals surface area contributed by atoms with Crippen LogP contribution < -0.4 is 0 Å². The number of aromatic nitrogens is 3. The summed E-state index contributed by atoms with van der Waals surface area (Å²) in [4.78, 5) is 16.8. The van der Waals surface area contributed by atoms with Gasteiger partial charge in [-0.1, -0.05) is 68.8 Å². The lowest BCUT2D eigenvalue weighted by Gasteiger charge is -2.27. The molecule has 2 aromatic carbocycles. The minimum Gasteiger partial charge on any atom is -0.478 e. The molecule has 0 aliphatic heterocycles. The van der Waals surface area contributed by atoms with E-state index in [1.54, 1.807) is 25.0 Å². The van der Waals surface area contributed by atoms with Gasteiger partial charge in [-0.15, -0.1) is 5.10 Å². The largest absolute Gasteiger partial charge is 0.478 e. The number of hydrogen-bond acceptors (Lipinski definition) is 5. The monoisotopic (exact) mass is 463 g/mol. The molecule has 0 radical (unpaired) electrons. The van der Waals surface area contributed by atoms with Gasteiger partial charge in [-0.05, 0) is 41.7 Å². The third-order valence-electron chi connectivity index (χ3n) is 5.79. The molecule has 0 unspecified atom stereocenters. The van der Waals surface area contributed by atoms with E-state index >= 15 is 0 Å². The molecule has 1 N–H and O–H groups in total. The van der Waals surface area contributed by atoms with Crippen LogP contribution in [-0.2, 0) is 21.8 Å². The number of allylic oxidation sites excluding steroid dienone is 1. The van der Waals surface area contributed by atoms with Crippen LogP contribution in [0.1, 0.15) is 67.1 Å². The molecule has 0 fully saturated rings. The van der Waals surface area contributed by atoms with E-state index in [0.29, 0.717) is 30.2 Å². The molecule has 0 aliphatic rings. The topological polar surface area (TPSA) is 86.5 Å². The summed E-state index contributed by atoms with van der Waals surface area (Å²) in [6.45, 7) is 4.52. The normalized spacial score (nSPS) is 11.9. The third kappa shape index (κ3) is 5.61. The van der Waals surface area contributed by atoms with Gasteiger partial charge in [0.1, 0.15) is 0 Å². The highest BCUT2D eigenvalue weighted by Crippen LogP contribution is 2.30. The van der Waals surface area contributed by atoms with Gasteiger partial charge >= 0.3 is 5.97 Å². The standard InChI is InChI=1S/C27H33N3O4/c1-5-7-14-24-28-26(27(33-3,34-4)17-8-6-2)29-30(24)19-20-15-16-22(23(18-20)25(31)32)21-12-10-9-11-13-21/h7,9-16,18H,5-6,8,17,19H2,1-4H3,(H,31,32). The molecule has 0 saturated heterocycles. The molecular formula is C27H33N3O4. The zero-order valence-corrected chi connectivity index (χ0v) is 20.3. The highest BCUT2D eigenvalue weighted by atomic mass is 16.7. The zero-order valence-electron chi connectivity index (χ0n) is 20.3. The Morgan fingerprint density at radius 3 is 2.47 bits per heavy atom. The molecule has 0 amide bonds. The van der Waals surface area contributed by atoms with Crippen LogP contribution in [0, 0.1) is 0 Å². The lowest BCUT2D eigenvalue weighted by molar-refractivity contribution is -0.226. The number of unbranched alkanes of at least 4 members (excludes halogenated alkanes) is 1. The maximum Gasteiger partial charge on any atom is 0.336 e. The molecule has 0 saturated carbocycles. The van der Waals surface area contributed by atoms with Crippen molar-refractivity contribution in [3.63, 3.8) is 0 Å².